The summed E-state index contributed by atoms with van der Waals surface area (Å²) >= 11 is 0. The van der Waals surface area contributed by atoms with Crippen molar-refractivity contribution in [1.82, 2.24) is 5.32 Å². The summed E-state index contributed by atoms with van der Waals surface area (Å²) in [5.74, 6) is 0. The fourth-order valence-electron chi connectivity index (χ4n) is 1.45. The van der Waals surface area contributed by atoms with Gasteiger partial charge in [-0.1, -0.05) is 33.1 Å². The van der Waals surface area contributed by atoms with E-state index < -0.39 is 11.7 Å². The second kappa shape index (κ2) is 5.59. The van der Waals surface area contributed by atoms with Gasteiger partial charge in [0.25, 0.3) is 0 Å². The van der Waals surface area contributed by atoms with Crippen molar-refractivity contribution in [2.75, 3.05) is 6.54 Å². The zero-order valence-electron chi connectivity index (χ0n) is 9.17. The highest BCUT2D eigenvalue weighted by molar-refractivity contribution is 4.90. The maximum atomic E-state index is 12.7. The fraction of sp³-hybridized carbons (Fsp3) is 1.00. The van der Waals surface area contributed by atoms with Gasteiger partial charge in [0, 0.05) is 0 Å². The minimum atomic E-state index is -4.16. The molecule has 0 saturated carbocycles. The number of nitrogens with one attached hydrogen (secondary N) is 1. The van der Waals surface area contributed by atoms with Crippen LogP contribution in [0, 0.1) is 0 Å². The van der Waals surface area contributed by atoms with Crippen molar-refractivity contribution >= 4 is 0 Å². The van der Waals surface area contributed by atoms with Gasteiger partial charge in [0.1, 0.15) is 5.54 Å². The van der Waals surface area contributed by atoms with Gasteiger partial charge in [0.05, 0.1) is 0 Å². The summed E-state index contributed by atoms with van der Waals surface area (Å²) in [4.78, 5) is 0. The van der Waals surface area contributed by atoms with E-state index in [2.05, 4.69) is 5.32 Å². The van der Waals surface area contributed by atoms with E-state index in [0.717, 1.165) is 12.8 Å². The molecular weight excluding hydrogens is 191 g/mol. The lowest BCUT2D eigenvalue weighted by Gasteiger charge is -2.32. The average molecular weight is 211 g/mol. The zero-order chi connectivity index (χ0) is 11.2. The number of rotatable bonds is 6. The molecule has 0 aromatic heterocycles. The van der Waals surface area contributed by atoms with Crippen LogP contribution in [0.5, 0.6) is 0 Å². The van der Waals surface area contributed by atoms with Crippen molar-refractivity contribution < 1.29 is 13.2 Å². The molecule has 0 aromatic carbocycles. The Morgan fingerprint density at radius 3 is 2.00 bits per heavy atom. The van der Waals surface area contributed by atoms with E-state index in [0.29, 0.717) is 13.0 Å². The maximum absolute atomic E-state index is 12.7. The van der Waals surface area contributed by atoms with Crippen molar-refractivity contribution in [3.05, 3.63) is 0 Å². The molecule has 4 heteroatoms. The summed E-state index contributed by atoms with van der Waals surface area (Å²) in [5.41, 5.74) is -1.71. The van der Waals surface area contributed by atoms with Gasteiger partial charge < -0.3 is 5.32 Å². The van der Waals surface area contributed by atoms with Crippen molar-refractivity contribution in [2.45, 2.75) is 58.2 Å². The van der Waals surface area contributed by atoms with Gasteiger partial charge in [-0.05, 0) is 19.9 Å². The summed E-state index contributed by atoms with van der Waals surface area (Å²) in [6.45, 7) is 5.27. The Morgan fingerprint density at radius 2 is 1.64 bits per heavy atom. The van der Waals surface area contributed by atoms with Crippen LogP contribution < -0.4 is 5.32 Å². The van der Waals surface area contributed by atoms with Crippen molar-refractivity contribution in [1.29, 1.82) is 0 Å². The van der Waals surface area contributed by atoms with E-state index in [1.54, 1.807) is 6.92 Å². The standard InChI is InChI=1S/C10H20F3N/c1-4-6-7-8-9(3,14-5-2)10(11,12)13/h14H,4-8H2,1-3H3. The van der Waals surface area contributed by atoms with Gasteiger partial charge in [0.15, 0.2) is 0 Å². The molecule has 1 N–H and O–H groups in total. The third-order valence-electron chi connectivity index (χ3n) is 2.47. The van der Waals surface area contributed by atoms with Gasteiger partial charge in [-0.2, -0.15) is 13.2 Å². The van der Waals surface area contributed by atoms with Crippen LogP contribution in [0.1, 0.15) is 46.5 Å². The molecule has 0 heterocycles. The molecule has 0 radical (unpaired) electrons. The number of hydrogen-bond acceptors (Lipinski definition) is 1. The molecule has 0 fully saturated rings. The predicted molar refractivity (Wildman–Crippen MR) is 52.3 cm³/mol. The lowest BCUT2D eigenvalue weighted by atomic mass is 9.93. The smallest absolute Gasteiger partial charge is 0.304 e. The first-order valence-corrected chi connectivity index (χ1v) is 5.19. The largest absolute Gasteiger partial charge is 0.406 e. The Hall–Kier alpha value is -0.250. The molecule has 0 amide bonds. The van der Waals surface area contributed by atoms with Crippen LogP contribution in [0.25, 0.3) is 0 Å². The molecule has 0 bridgehead atoms. The summed E-state index contributed by atoms with van der Waals surface area (Å²) in [6, 6.07) is 0. The second-order valence-corrected chi connectivity index (χ2v) is 3.82. The van der Waals surface area contributed by atoms with Crippen molar-refractivity contribution in [2.24, 2.45) is 0 Å². The summed E-state index contributed by atoms with van der Waals surface area (Å²) < 4.78 is 38.0. The van der Waals surface area contributed by atoms with E-state index in [1.165, 1.54) is 6.92 Å². The van der Waals surface area contributed by atoms with Crippen LogP contribution >= 0.6 is 0 Å². The summed E-state index contributed by atoms with van der Waals surface area (Å²) in [6.07, 6.45) is -1.56. The Balaban J connectivity index is 4.25. The van der Waals surface area contributed by atoms with E-state index in [1.807, 2.05) is 6.92 Å². The fourth-order valence-corrected chi connectivity index (χ4v) is 1.45. The lowest BCUT2D eigenvalue weighted by Crippen LogP contribution is -2.54. The summed E-state index contributed by atoms with van der Waals surface area (Å²) in [7, 11) is 0. The SMILES string of the molecule is CCCCCC(C)(NCC)C(F)(F)F. The number of hydrogen-bond donors (Lipinski definition) is 1. The van der Waals surface area contributed by atoms with E-state index in [-0.39, 0.29) is 6.42 Å². The molecule has 0 aliphatic rings. The quantitative estimate of drug-likeness (QED) is 0.663. The van der Waals surface area contributed by atoms with Crippen LogP contribution in [0.4, 0.5) is 13.2 Å². The minimum absolute atomic E-state index is 0.165. The molecule has 0 aliphatic carbocycles. The van der Waals surface area contributed by atoms with Crippen LogP contribution in [-0.4, -0.2) is 18.3 Å². The molecule has 0 aliphatic heterocycles. The average Bonchev–Trinajstić information content (AvgIpc) is 2.03. The second-order valence-electron chi connectivity index (χ2n) is 3.82. The maximum Gasteiger partial charge on any atom is 0.406 e. The number of alkyl halides is 3. The normalized spacial score (nSPS) is 16.7. The number of unbranched alkanes of at least 4 members (excludes halogenated alkanes) is 2. The highest BCUT2D eigenvalue weighted by atomic mass is 19.4. The summed E-state index contributed by atoms with van der Waals surface area (Å²) in [5, 5.41) is 2.53. The zero-order valence-corrected chi connectivity index (χ0v) is 9.17. The number of halogens is 3. The molecule has 0 rings (SSSR count). The molecule has 0 saturated heterocycles. The topological polar surface area (TPSA) is 12.0 Å². The Kier molecular flexibility index (Phi) is 5.49. The molecule has 0 aromatic rings. The molecule has 86 valence electrons. The van der Waals surface area contributed by atoms with Crippen molar-refractivity contribution in [3.8, 4) is 0 Å². The monoisotopic (exact) mass is 211 g/mol. The van der Waals surface area contributed by atoms with E-state index >= 15 is 0 Å². The molecule has 1 atom stereocenters. The van der Waals surface area contributed by atoms with Gasteiger partial charge in [-0.15, -0.1) is 0 Å². The molecule has 1 unspecified atom stereocenters. The molecular formula is C10H20F3N. The first kappa shape index (κ1) is 13.8. The molecule has 14 heavy (non-hydrogen) atoms. The third kappa shape index (κ3) is 3.86. The van der Waals surface area contributed by atoms with Crippen LogP contribution in [0.15, 0.2) is 0 Å². The third-order valence-corrected chi connectivity index (χ3v) is 2.47. The Labute approximate surface area is 84.1 Å². The molecule has 0 spiro atoms. The van der Waals surface area contributed by atoms with Gasteiger partial charge in [-0.3, -0.25) is 0 Å². The first-order valence-electron chi connectivity index (χ1n) is 5.19. The highest BCUT2D eigenvalue weighted by Gasteiger charge is 2.49. The predicted octanol–water partition coefficient (Wildman–Crippen LogP) is 3.50. The van der Waals surface area contributed by atoms with Crippen LogP contribution in [-0.2, 0) is 0 Å². The minimum Gasteiger partial charge on any atom is -0.304 e. The Bertz CT molecular complexity index is 156. The van der Waals surface area contributed by atoms with Crippen LogP contribution in [0.2, 0.25) is 0 Å². The lowest BCUT2D eigenvalue weighted by molar-refractivity contribution is -0.193. The highest BCUT2D eigenvalue weighted by Crippen LogP contribution is 2.34. The van der Waals surface area contributed by atoms with Gasteiger partial charge >= 0.3 is 6.18 Å². The van der Waals surface area contributed by atoms with E-state index in [9.17, 15) is 13.2 Å². The van der Waals surface area contributed by atoms with Crippen molar-refractivity contribution in [3.63, 3.8) is 0 Å². The first-order chi connectivity index (χ1) is 6.37. The van der Waals surface area contributed by atoms with Gasteiger partial charge in [-0.25, -0.2) is 0 Å². The van der Waals surface area contributed by atoms with Gasteiger partial charge in [0.2, 0.25) is 0 Å². The van der Waals surface area contributed by atoms with Crippen LogP contribution in [0.3, 0.4) is 0 Å². The Morgan fingerprint density at radius 1 is 1.07 bits per heavy atom. The van der Waals surface area contributed by atoms with E-state index in [4.69, 9.17) is 0 Å². The molecule has 1 nitrogen and oxygen atoms in total.